The third kappa shape index (κ3) is 3.37. The van der Waals surface area contributed by atoms with Gasteiger partial charge in [0.05, 0.1) is 10.5 Å². The first-order chi connectivity index (χ1) is 9.71. The molecule has 1 aromatic rings. The third-order valence-corrected chi connectivity index (χ3v) is 5.52. The number of halogens is 1. The van der Waals surface area contributed by atoms with E-state index in [2.05, 4.69) is 4.72 Å². The van der Waals surface area contributed by atoms with Gasteiger partial charge in [-0.15, -0.1) is 0 Å². The Morgan fingerprint density at radius 3 is 2.52 bits per heavy atom. The Hall–Kier alpha value is -1.15. The zero-order valence-electron chi connectivity index (χ0n) is 11.4. The second kappa shape index (κ2) is 5.57. The Labute approximate surface area is 127 Å². The lowest BCUT2D eigenvalue weighted by Gasteiger charge is -2.15. The van der Waals surface area contributed by atoms with Crippen LogP contribution in [0.1, 0.15) is 28.8 Å². The molecule has 0 saturated heterocycles. The minimum absolute atomic E-state index is 0.0432. The first kappa shape index (κ1) is 16.2. The summed E-state index contributed by atoms with van der Waals surface area (Å²) in [5.74, 6) is -1.24. The van der Waals surface area contributed by atoms with E-state index in [-0.39, 0.29) is 39.6 Å². The lowest BCUT2D eigenvalue weighted by atomic mass is 10.1. The zero-order valence-corrected chi connectivity index (χ0v) is 13.0. The number of carboxylic acid groups (broad SMARTS) is 1. The smallest absolute Gasteiger partial charge is 0.336 e. The summed E-state index contributed by atoms with van der Waals surface area (Å²) in [7, 11) is -3.88. The van der Waals surface area contributed by atoms with Crippen LogP contribution in [0, 0.1) is 12.3 Å². The van der Waals surface area contributed by atoms with Gasteiger partial charge in [0.25, 0.3) is 0 Å². The van der Waals surface area contributed by atoms with Gasteiger partial charge in [-0.25, -0.2) is 17.9 Å². The summed E-state index contributed by atoms with van der Waals surface area (Å²) in [6.45, 7) is 1.47. The summed E-state index contributed by atoms with van der Waals surface area (Å²) in [6, 6.07) is 2.44. The van der Waals surface area contributed by atoms with E-state index in [0.717, 1.165) is 12.8 Å². The number of nitrogens with one attached hydrogen (secondary N) is 1. The monoisotopic (exact) mass is 333 g/mol. The second-order valence-corrected chi connectivity index (χ2v) is 7.54. The molecule has 0 heterocycles. The molecule has 1 saturated carbocycles. The summed E-state index contributed by atoms with van der Waals surface area (Å²) in [4.78, 5) is 11.0. The molecule has 0 unspecified atom stereocenters. The van der Waals surface area contributed by atoms with Gasteiger partial charge in [-0.2, -0.15) is 0 Å². The maximum absolute atomic E-state index is 12.3. The predicted molar refractivity (Wildman–Crippen MR) is 77.1 cm³/mol. The summed E-state index contributed by atoms with van der Waals surface area (Å²) in [6.07, 6.45) is 1.53. The maximum atomic E-state index is 12.3. The summed E-state index contributed by atoms with van der Waals surface area (Å²) in [5, 5.41) is 18.3. The molecule has 1 aliphatic carbocycles. The molecular weight excluding hydrogens is 318 g/mol. The van der Waals surface area contributed by atoms with E-state index in [4.69, 9.17) is 16.7 Å². The van der Waals surface area contributed by atoms with Crippen LogP contribution in [0.5, 0.6) is 0 Å². The molecule has 1 aromatic carbocycles. The fourth-order valence-electron chi connectivity index (χ4n) is 2.05. The highest BCUT2D eigenvalue weighted by atomic mass is 35.5. The van der Waals surface area contributed by atoms with Crippen LogP contribution in [0.25, 0.3) is 0 Å². The van der Waals surface area contributed by atoms with Crippen LogP contribution in [0.15, 0.2) is 17.0 Å². The number of aromatic carboxylic acids is 1. The molecule has 0 radical (unpaired) electrons. The van der Waals surface area contributed by atoms with Crippen LogP contribution in [0.3, 0.4) is 0 Å². The molecule has 0 bridgehead atoms. The van der Waals surface area contributed by atoms with Crippen LogP contribution in [-0.4, -0.2) is 37.8 Å². The first-order valence-electron chi connectivity index (χ1n) is 6.35. The molecule has 0 spiro atoms. The average Bonchev–Trinajstić information content (AvgIpc) is 3.19. The molecule has 3 N–H and O–H groups in total. The number of sulfonamides is 1. The highest BCUT2D eigenvalue weighted by Crippen LogP contribution is 2.44. The number of rotatable bonds is 6. The van der Waals surface area contributed by atoms with E-state index in [1.165, 1.54) is 19.1 Å². The van der Waals surface area contributed by atoms with E-state index in [0.29, 0.717) is 0 Å². The van der Waals surface area contributed by atoms with Crippen molar-refractivity contribution >= 4 is 27.6 Å². The molecule has 8 heteroatoms. The predicted octanol–water partition coefficient (Wildman–Crippen LogP) is 1.40. The SMILES string of the molecule is Cc1c(C(=O)O)cc(Cl)cc1S(=O)(=O)NCC1(CO)CC1. The van der Waals surface area contributed by atoms with Crippen LogP contribution >= 0.6 is 11.6 Å². The molecule has 116 valence electrons. The number of aliphatic hydroxyl groups excluding tert-OH is 1. The van der Waals surface area contributed by atoms with Crippen LogP contribution < -0.4 is 4.72 Å². The Morgan fingerprint density at radius 1 is 1.43 bits per heavy atom. The van der Waals surface area contributed by atoms with Gasteiger partial charge >= 0.3 is 5.97 Å². The van der Waals surface area contributed by atoms with Crippen LogP contribution in [0.4, 0.5) is 0 Å². The van der Waals surface area contributed by atoms with Crippen molar-refractivity contribution in [2.24, 2.45) is 5.41 Å². The standard InChI is InChI=1S/C13H16ClNO5S/c1-8-10(12(17)18)4-9(14)5-11(8)21(19,20)15-6-13(7-16)2-3-13/h4-5,15-16H,2-3,6-7H2,1H3,(H,17,18). The van der Waals surface area contributed by atoms with Crippen LogP contribution in [-0.2, 0) is 10.0 Å². The molecular formula is C13H16ClNO5S. The Balaban J connectivity index is 2.33. The van der Waals surface area contributed by atoms with Crippen molar-refractivity contribution < 1.29 is 23.4 Å². The number of benzene rings is 1. The van der Waals surface area contributed by atoms with Gasteiger partial charge in [-0.3, -0.25) is 0 Å². The Kier molecular flexibility index (Phi) is 4.30. The molecule has 0 amide bonds. The first-order valence-corrected chi connectivity index (χ1v) is 8.21. The molecule has 21 heavy (non-hydrogen) atoms. The highest BCUT2D eigenvalue weighted by molar-refractivity contribution is 7.89. The van der Waals surface area contributed by atoms with Crippen molar-refractivity contribution in [3.8, 4) is 0 Å². The van der Waals surface area contributed by atoms with Crippen molar-refractivity contribution in [3.05, 3.63) is 28.3 Å². The van der Waals surface area contributed by atoms with E-state index in [9.17, 15) is 18.3 Å². The number of hydrogen-bond acceptors (Lipinski definition) is 4. The van der Waals surface area contributed by atoms with Gasteiger partial charge in [0.15, 0.2) is 0 Å². The molecule has 0 aliphatic heterocycles. The molecule has 0 atom stereocenters. The van der Waals surface area contributed by atoms with E-state index < -0.39 is 16.0 Å². The van der Waals surface area contributed by atoms with Crippen molar-refractivity contribution in [3.63, 3.8) is 0 Å². The van der Waals surface area contributed by atoms with Crippen molar-refractivity contribution in [1.82, 2.24) is 4.72 Å². The largest absolute Gasteiger partial charge is 0.478 e. The van der Waals surface area contributed by atoms with Gasteiger partial charge in [0, 0.05) is 23.6 Å². The van der Waals surface area contributed by atoms with Crippen LogP contribution in [0.2, 0.25) is 5.02 Å². The fourth-order valence-corrected chi connectivity index (χ4v) is 3.78. The van der Waals surface area contributed by atoms with Gasteiger partial charge in [0.1, 0.15) is 0 Å². The summed E-state index contributed by atoms with van der Waals surface area (Å²) < 4.78 is 27.1. The van der Waals surface area contributed by atoms with Crippen molar-refractivity contribution in [2.75, 3.05) is 13.2 Å². The molecule has 2 rings (SSSR count). The molecule has 1 fully saturated rings. The lowest BCUT2D eigenvalue weighted by Crippen LogP contribution is -2.32. The number of carboxylic acids is 1. The highest BCUT2D eigenvalue weighted by Gasteiger charge is 2.42. The minimum Gasteiger partial charge on any atom is -0.478 e. The molecule has 1 aliphatic rings. The molecule has 0 aromatic heterocycles. The van der Waals surface area contributed by atoms with Crippen molar-refractivity contribution in [1.29, 1.82) is 0 Å². The summed E-state index contributed by atoms with van der Waals surface area (Å²) >= 11 is 5.81. The Morgan fingerprint density at radius 2 is 2.05 bits per heavy atom. The normalized spacial score (nSPS) is 16.7. The number of aliphatic hydroxyl groups is 1. The van der Waals surface area contributed by atoms with E-state index in [1.54, 1.807) is 0 Å². The lowest BCUT2D eigenvalue weighted by molar-refractivity contribution is 0.0696. The second-order valence-electron chi connectivity index (χ2n) is 5.36. The zero-order chi connectivity index (χ0) is 15.8. The minimum atomic E-state index is -3.88. The van der Waals surface area contributed by atoms with Gasteiger partial charge in [-0.1, -0.05) is 11.6 Å². The topological polar surface area (TPSA) is 104 Å². The Bertz CT molecular complexity index is 682. The third-order valence-electron chi connectivity index (χ3n) is 3.77. The summed E-state index contributed by atoms with van der Waals surface area (Å²) in [5.41, 5.74) is -0.394. The fraction of sp³-hybridized carbons (Fsp3) is 0.462. The quantitative estimate of drug-likeness (QED) is 0.730. The number of carbonyl (C=O) groups is 1. The van der Waals surface area contributed by atoms with Gasteiger partial charge in [-0.05, 0) is 37.5 Å². The van der Waals surface area contributed by atoms with Gasteiger partial charge < -0.3 is 10.2 Å². The maximum Gasteiger partial charge on any atom is 0.336 e. The van der Waals surface area contributed by atoms with E-state index in [1.807, 2.05) is 0 Å². The average molecular weight is 334 g/mol. The van der Waals surface area contributed by atoms with Gasteiger partial charge in [0.2, 0.25) is 10.0 Å². The van der Waals surface area contributed by atoms with E-state index >= 15 is 0 Å². The molecule has 6 nitrogen and oxygen atoms in total. The number of hydrogen-bond donors (Lipinski definition) is 3. The van der Waals surface area contributed by atoms with Crippen molar-refractivity contribution in [2.45, 2.75) is 24.7 Å².